The van der Waals surface area contributed by atoms with Crippen LogP contribution in [0.3, 0.4) is 0 Å². The fraction of sp³-hybridized carbons (Fsp3) is 0.562. The highest BCUT2D eigenvalue weighted by Crippen LogP contribution is 2.23. The number of amides is 1. The fourth-order valence-electron chi connectivity index (χ4n) is 3.15. The third-order valence-electron chi connectivity index (χ3n) is 4.61. The van der Waals surface area contributed by atoms with E-state index in [2.05, 4.69) is 28.4 Å². The van der Waals surface area contributed by atoms with Crippen molar-refractivity contribution in [3.8, 4) is 0 Å². The highest BCUT2D eigenvalue weighted by molar-refractivity contribution is 5.82. The van der Waals surface area contributed by atoms with Crippen LogP contribution in [-0.2, 0) is 4.79 Å². The molecule has 4 N–H and O–H groups in total. The van der Waals surface area contributed by atoms with Crippen molar-refractivity contribution < 1.29 is 9.18 Å². The normalized spacial score (nSPS) is 31.9. The highest BCUT2D eigenvalue weighted by Gasteiger charge is 2.32. The zero-order valence-electron chi connectivity index (χ0n) is 12.7. The number of halogens is 1. The maximum absolute atomic E-state index is 13.0. The molecule has 1 aromatic rings. The summed E-state index contributed by atoms with van der Waals surface area (Å²) in [6, 6.07) is 6.41. The molecule has 22 heavy (non-hydrogen) atoms. The molecule has 2 heterocycles. The number of hydrogen-bond acceptors (Lipinski definition) is 4. The third kappa shape index (κ3) is 3.45. The molecule has 0 bridgehead atoms. The van der Waals surface area contributed by atoms with Crippen molar-refractivity contribution in [3.63, 3.8) is 0 Å². The zero-order valence-corrected chi connectivity index (χ0v) is 12.7. The summed E-state index contributed by atoms with van der Waals surface area (Å²) in [7, 11) is 0. The second-order valence-electron chi connectivity index (χ2n) is 6.27. The molecule has 1 amide bonds. The van der Waals surface area contributed by atoms with Gasteiger partial charge in [0.2, 0.25) is 5.91 Å². The van der Waals surface area contributed by atoms with Crippen LogP contribution in [0.2, 0.25) is 0 Å². The number of rotatable bonds is 3. The van der Waals surface area contributed by atoms with Gasteiger partial charge in [0.1, 0.15) is 11.9 Å². The second-order valence-corrected chi connectivity index (χ2v) is 6.27. The first-order chi connectivity index (χ1) is 10.6. The minimum absolute atomic E-state index is 0.0294. The van der Waals surface area contributed by atoms with Crippen molar-refractivity contribution in [1.82, 2.24) is 21.5 Å². The lowest BCUT2D eigenvalue weighted by Crippen LogP contribution is -2.53. The molecule has 1 aromatic carbocycles. The highest BCUT2D eigenvalue weighted by atomic mass is 19.1. The molecule has 0 saturated carbocycles. The molecular weight excluding hydrogens is 283 g/mol. The van der Waals surface area contributed by atoms with E-state index in [1.807, 2.05) is 0 Å². The lowest BCUT2D eigenvalue weighted by Gasteiger charge is -2.31. The Balaban J connectivity index is 1.55. The van der Waals surface area contributed by atoms with Gasteiger partial charge in [-0.3, -0.25) is 4.79 Å². The molecule has 5 nitrogen and oxygen atoms in total. The molecule has 0 aromatic heterocycles. The number of hydrazine groups is 1. The van der Waals surface area contributed by atoms with E-state index in [-0.39, 0.29) is 29.8 Å². The molecule has 120 valence electrons. The van der Waals surface area contributed by atoms with Gasteiger partial charge < -0.3 is 10.6 Å². The smallest absolute Gasteiger partial charge is 0.238 e. The summed E-state index contributed by atoms with van der Waals surface area (Å²) in [5.74, 6) is 0.236. The molecule has 0 aliphatic carbocycles. The minimum Gasteiger partial charge on any atom is -0.352 e. The average Bonchev–Trinajstić information content (AvgIpc) is 3.00. The van der Waals surface area contributed by atoms with Crippen LogP contribution in [0.5, 0.6) is 0 Å². The van der Waals surface area contributed by atoms with Crippen LogP contribution in [0.15, 0.2) is 24.3 Å². The van der Waals surface area contributed by atoms with Crippen LogP contribution in [0.4, 0.5) is 4.39 Å². The quantitative estimate of drug-likeness (QED) is 0.668. The summed E-state index contributed by atoms with van der Waals surface area (Å²) in [6.07, 6.45) is 1.63. The van der Waals surface area contributed by atoms with Crippen molar-refractivity contribution in [1.29, 1.82) is 0 Å². The summed E-state index contributed by atoms with van der Waals surface area (Å²) in [6.45, 7) is 4.04. The van der Waals surface area contributed by atoms with Gasteiger partial charge in [-0.1, -0.05) is 19.1 Å². The summed E-state index contributed by atoms with van der Waals surface area (Å²) >= 11 is 0. The number of piperidine rings is 1. The SMILES string of the molecule is CC1CNCCC1NC(=O)C1CC(c2ccc(F)cc2)NN1. The summed E-state index contributed by atoms with van der Waals surface area (Å²) in [4.78, 5) is 12.4. The number of carbonyl (C=O) groups excluding carboxylic acids is 1. The first-order valence-electron chi connectivity index (χ1n) is 7.91. The van der Waals surface area contributed by atoms with E-state index in [9.17, 15) is 9.18 Å². The van der Waals surface area contributed by atoms with Crippen LogP contribution in [0.1, 0.15) is 31.4 Å². The van der Waals surface area contributed by atoms with Crippen molar-refractivity contribution in [2.24, 2.45) is 5.92 Å². The molecule has 6 heteroatoms. The number of carbonyl (C=O) groups is 1. The zero-order chi connectivity index (χ0) is 15.5. The minimum atomic E-state index is -0.253. The number of benzene rings is 1. The molecular formula is C16H23FN4O. The van der Waals surface area contributed by atoms with E-state index in [4.69, 9.17) is 0 Å². The fourth-order valence-corrected chi connectivity index (χ4v) is 3.15. The van der Waals surface area contributed by atoms with Crippen LogP contribution >= 0.6 is 0 Å². The Labute approximate surface area is 130 Å². The Morgan fingerprint density at radius 3 is 2.77 bits per heavy atom. The molecule has 0 radical (unpaired) electrons. The van der Waals surface area contributed by atoms with Crippen LogP contribution in [-0.4, -0.2) is 31.1 Å². The van der Waals surface area contributed by atoms with Crippen LogP contribution < -0.4 is 21.5 Å². The molecule has 3 rings (SSSR count). The summed E-state index contributed by atoms with van der Waals surface area (Å²) in [5, 5.41) is 6.48. The standard InChI is InChI=1S/C16H23FN4O/c1-10-9-18-7-6-13(10)19-16(22)15-8-14(20-21-15)11-2-4-12(17)5-3-11/h2-5,10,13-15,18,20-21H,6-9H2,1H3,(H,19,22). The van der Waals surface area contributed by atoms with E-state index in [0.29, 0.717) is 12.3 Å². The topological polar surface area (TPSA) is 65.2 Å². The van der Waals surface area contributed by atoms with E-state index in [1.165, 1.54) is 12.1 Å². The van der Waals surface area contributed by atoms with E-state index < -0.39 is 0 Å². The van der Waals surface area contributed by atoms with Gasteiger partial charge in [0.25, 0.3) is 0 Å². The van der Waals surface area contributed by atoms with E-state index in [0.717, 1.165) is 25.1 Å². The van der Waals surface area contributed by atoms with Gasteiger partial charge in [0.05, 0.1) is 0 Å². The van der Waals surface area contributed by atoms with Gasteiger partial charge in [-0.15, -0.1) is 0 Å². The van der Waals surface area contributed by atoms with Crippen molar-refractivity contribution in [2.45, 2.75) is 37.9 Å². The van der Waals surface area contributed by atoms with Crippen molar-refractivity contribution in [3.05, 3.63) is 35.6 Å². The predicted octanol–water partition coefficient (Wildman–Crippen LogP) is 0.847. The van der Waals surface area contributed by atoms with E-state index in [1.54, 1.807) is 12.1 Å². The Kier molecular flexibility index (Phi) is 4.71. The van der Waals surface area contributed by atoms with Gasteiger partial charge in [-0.25, -0.2) is 15.2 Å². The van der Waals surface area contributed by atoms with Gasteiger partial charge in [0.15, 0.2) is 0 Å². The molecule has 2 saturated heterocycles. The number of nitrogens with one attached hydrogen (secondary N) is 4. The maximum Gasteiger partial charge on any atom is 0.238 e. The first kappa shape index (κ1) is 15.4. The van der Waals surface area contributed by atoms with Crippen molar-refractivity contribution >= 4 is 5.91 Å². The molecule has 2 fully saturated rings. The molecule has 4 unspecified atom stereocenters. The van der Waals surface area contributed by atoms with Gasteiger partial charge in [0, 0.05) is 12.1 Å². The van der Waals surface area contributed by atoms with E-state index >= 15 is 0 Å². The Morgan fingerprint density at radius 1 is 1.27 bits per heavy atom. The van der Waals surface area contributed by atoms with Crippen LogP contribution in [0.25, 0.3) is 0 Å². The lowest BCUT2D eigenvalue weighted by molar-refractivity contribution is -0.124. The monoisotopic (exact) mass is 306 g/mol. The predicted molar refractivity (Wildman–Crippen MR) is 82.4 cm³/mol. The molecule has 2 aliphatic rings. The largest absolute Gasteiger partial charge is 0.352 e. The lowest BCUT2D eigenvalue weighted by atomic mass is 9.94. The van der Waals surface area contributed by atoms with Gasteiger partial charge in [-0.05, 0) is 49.5 Å². The summed E-state index contributed by atoms with van der Waals surface area (Å²) < 4.78 is 13.0. The van der Waals surface area contributed by atoms with Crippen LogP contribution in [0, 0.1) is 11.7 Å². The molecule has 2 aliphatic heterocycles. The Bertz CT molecular complexity index is 521. The first-order valence-corrected chi connectivity index (χ1v) is 7.91. The summed E-state index contributed by atoms with van der Waals surface area (Å²) in [5.41, 5.74) is 7.16. The number of hydrogen-bond donors (Lipinski definition) is 4. The average molecular weight is 306 g/mol. The Morgan fingerprint density at radius 2 is 2.05 bits per heavy atom. The van der Waals surface area contributed by atoms with Gasteiger partial charge >= 0.3 is 0 Å². The maximum atomic E-state index is 13.0. The molecule has 0 spiro atoms. The van der Waals surface area contributed by atoms with Gasteiger partial charge in [-0.2, -0.15) is 0 Å². The second kappa shape index (κ2) is 6.73. The van der Waals surface area contributed by atoms with Crippen molar-refractivity contribution in [2.75, 3.05) is 13.1 Å². The molecule has 4 atom stereocenters. The Hall–Kier alpha value is -1.50. The third-order valence-corrected chi connectivity index (χ3v) is 4.61.